The lowest BCUT2D eigenvalue weighted by atomic mass is 10.1. The van der Waals surface area contributed by atoms with E-state index in [1.807, 2.05) is 18.2 Å². The number of pyridine rings is 1. The Morgan fingerprint density at radius 3 is 2.67 bits per heavy atom. The molecule has 0 saturated heterocycles. The van der Waals surface area contributed by atoms with E-state index in [2.05, 4.69) is 20.6 Å². The van der Waals surface area contributed by atoms with Crippen LogP contribution in [0.3, 0.4) is 0 Å². The maximum absolute atomic E-state index is 13.0. The summed E-state index contributed by atoms with van der Waals surface area (Å²) in [7, 11) is 4.61. The molecule has 0 spiro atoms. The fourth-order valence-corrected chi connectivity index (χ4v) is 4.20. The maximum atomic E-state index is 13.0. The minimum absolute atomic E-state index is 0.243. The molecule has 10 heteroatoms. The third-order valence-corrected chi connectivity index (χ3v) is 5.79. The zero-order valence-corrected chi connectivity index (χ0v) is 19.0. The number of carbonyl (C=O) groups excluding carboxylic acids is 1. The zero-order valence-electron chi connectivity index (χ0n) is 18.2. The van der Waals surface area contributed by atoms with Gasteiger partial charge in [-0.3, -0.25) is 10.1 Å². The number of hydrogen-bond acceptors (Lipinski definition) is 9. The molecule has 0 bridgehead atoms. The number of hydrogen-bond donors (Lipinski definition) is 3. The fraction of sp³-hybridized carbons (Fsp3) is 0.174. The van der Waals surface area contributed by atoms with Gasteiger partial charge in [-0.25, -0.2) is 9.97 Å². The van der Waals surface area contributed by atoms with E-state index in [-0.39, 0.29) is 12.5 Å². The molecule has 0 aliphatic carbocycles. The van der Waals surface area contributed by atoms with Crippen LogP contribution >= 0.6 is 11.3 Å². The van der Waals surface area contributed by atoms with E-state index in [1.54, 1.807) is 37.6 Å². The van der Waals surface area contributed by atoms with Crippen molar-refractivity contribution >= 4 is 44.1 Å². The summed E-state index contributed by atoms with van der Waals surface area (Å²) in [6.07, 6.45) is 1.58. The number of thiazole rings is 1. The van der Waals surface area contributed by atoms with E-state index >= 15 is 0 Å². The number of ether oxygens (including phenoxy) is 3. The Labute approximate surface area is 194 Å². The molecule has 2 aromatic heterocycles. The van der Waals surface area contributed by atoms with Gasteiger partial charge in [0.15, 0.2) is 16.6 Å². The van der Waals surface area contributed by atoms with E-state index in [4.69, 9.17) is 14.2 Å². The summed E-state index contributed by atoms with van der Waals surface area (Å²) in [4.78, 5) is 21.8. The Morgan fingerprint density at radius 1 is 1.09 bits per heavy atom. The van der Waals surface area contributed by atoms with Gasteiger partial charge in [-0.2, -0.15) is 0 Å². The van der Waals surface area contributed by atoms with Crippen LogP contribution in [0.25, 0.3) is 10.2 Å². The number of aliphatic hydroxyl groups excluding tert-OH is 1. The predicted octanol–water partition coefficient (Wildman–Crippen LogP) is 4.21. The van der Waals surface area contributed by atoms with Crippen molar-refractivity contribution in [3.63, 3.8) is 0 Å². The number of aliphatic hydroxyl groups is 1. The number of methoxy groups -OCH3 is 3. The summed E-state index contributed by atoms with van der Waals surface area (Å²) in [5, 5.41) is 16.1. The van der Waals surface area contributed by atoms with Crippen molar-refractivity contribution in [1.82, 2.24) is 9.97 Å². The molecule has 2 aromatic carbocycles. The number of nitrogens with one attached hydrogen (secondary N) is 2. The molecule has 0 atom stereocenters. The van der Waals surface area contributed by atoms with Crippen molar-refractivity contribution in [2.75, 3.05) is 32.0 Å². The second-order valence-electron chi connectivity index (χ2n) is 6.86. The largest absolute Gasteiger partial charge is 0.497 e. The number of anilines is 3. The van der Waals surface area contributed by atoms with Crippen LogP contribution in [0.2, 0.25) is 0 Å². The molecule has 3 N–H and O–H groups in total. The van der Waals surface area contributed by atoms with Gasteiger partial charge in [-0.1, -0.05) is 11.3 Å². The fourth-order valence-electron chi connectivity index (χ4n) is 3.31. The molecule has 0 saturated carbocycles. The number of rotatable bonds is 8. The smallest absolute Gasteiger partial charge is 0.261 e. The van der Waals surface area contributed by atoms with Crippen molar-refractivity contribution in [3.05, 3.63) is 59.8 Å². The van der Waals surface area contributed by atoms with Crippen molar-refractivity contribution in [2.24, 2.45) is 0 Å². The van der Waals surface area contributed by atoms with E-state index < -0.39 is 0 Å². The molecule has 2 heterocycles. The highest BCUT2D eigenvalue weighted by atomic mass is 32.1. The van der Waals surface area contributed by atoms with Crippen LogP contribution in [0.15, 0.2) is 48.7 Å². The Kier molecular flexibility index (Phi) is 6.57. The molecule has 4 aromatic rings. The molecule has 170 valence electrons. The summed E-state index contributed by atoms with van der Waals surface area (Å²) in [5.41, 5.74) is 2.21. The second kappa shape index (κ2) is 9.72. The van der Waals surface area contributed by atoms with Crippen LogP contribution < -0.4 is 24.8 Å². The van der Waals surface area contributed by atoms with E-state index in [0.717, 1.165) is 16.0 Å². The molecule has 1 amide bonds. The van der Waals surface area contributed by atoms with Gasteiger partial charge in [-0.15, -0.1) is 0 Å². The van der Waals surface area contributed by atoms with Crippen LogP contribution in [-0.4, -0.2) is 42.3 Å². The first kappa shape index (κ1) is 22.3. The predicted molar refractivity (Wildman–Crippen MR) is 127 cm³/mol. The quantitative estimate of drug-likeness (QED) is 0.354. The third kappa shape index (κ3) is 4.66. The topological polar surface area (TPSA) is 115 Å². The highest BCUT2D eigenvalue weighted by Gasteiger charge is 2.17. The Hall–Kier alpha value is -3.89. The van der Waals surface area contributed by atoms with E-state index in [0.29, 0.717) is 39.3 Å². The van der Waals surface area contributed by atoms with E-state index in [1.165, 1.54) is 25.6 Å². The van der Waals surface area contributed by atoms with Crippen molar-refractivity contribution in [2.45, 2.75) is 6.61 Å². The first-order chi connectivity index (χ1) is 16.1. The zero-order chi connectivity index (χ0) is 23.4. The second-order valence-corrected chi connectivity index (χ2v) is 7.89. The molecular formula is C23H22N4O5S. The third-order valence-electron chi connectivity index (χ3n) is 4.86. The van der Waals surface area contributed by atoms with Crippen molar-refractivity contribution in [3.8, 4) is 17.2 Å². The minimum Gasteiger partial charge on any atom is -0.497 e. The molecule has 0 aliphatic heterocycles. The molecular weight excluding hydrogens is 444 g/mol. The van der Waals surface area contributed by atoms with Gasteiger partial charge < -0.3 is 24.6 Å². The van der Waals surface area contributed by atoms with Gasteiger partial charge in [0.1, 0.15) is 11.6 Å². The monoisotopic (exact) mass is 466 g/mol. The molecule has 0 aliphatic rings. The highest BCUT2D eigenvalue weighted by Crippen LogP contribution is 2.36. The lowest BCUT2D eigenvalue weighted by Gasteiger charge is -2.15. The highest BCUT2D eigenvalue weighted by molar-refractivity contribution is 7.22. The van der Waals surface area contributed by atoms with Crippen LogP contribution in [-0.2, 0) is 6.61 Å². The van der Waals surface area contributed by atoms with Crippen LogP contribution in [0.4, 0.5) is 16.6 Å². The summed E-state index contributed by atoms with van der Waals surface area (Å²) >= 11 is 1.35. The molecule has 9 nitrogen and oxygen atoms in total. The Balaban J connectivity index is 1.61. The van der Waals surface area contributed by atoms with E-state index in [9.17, 15) is 9.90 Å². The Bertz CT molecular complexity index is 1280. The minimum atomic E-state index is -0.362. The number of amides is 1. The SMILES string of the molecule is COc1ccc2nc(NC(=O)c3cccnc3Nc3cc(CO)c(OC)c(OC)c3)sc2c1. The average molecular weight is 467 g/mol. The average Bonchev–Trinajstić information content (AvgIpc) is 3.24. The first-order valence-electron chi connectivity index (χ1n) is 9.90. The van der Waals surface area contributed by atoms with Crippen molar-refractivity contribution in [1.29, 1.82) is 0 Å². The molecule has 0 unspecified atom stereocenters. The van der Waals surface area contributed by atoms with Crippen LogP contribution in [0, 0.1) is 0 Å². The number of aromatic nitrogens is 2. The van der Waals surface area contributed by atoms with Crippen molar-refractivity contribution < 1.29 is 24.1 Å². The van der Waals surface area contributed by atoms with Gasteiger partial charge in [0.2, 0.25) is 0 Å². The molecule has 4 rings (SSSR count). The number of nitrogens with zero attached hydrogens (tertiary/aromatic N) is 2. The molecule has 0 fully saturated rings. The maximum Gasteiger partial charge on any atom is 0.261 e. The summed E-state index contributed by atoms with van der Waals surface area (Å²) in [6, 6.07) is 12.3. The summed E-state index contributed by atoms with van der Waals surface area (Å²) in [5.74, 6) is 1.59. The number of fused-ring (bicyclic) bond motifs is 1. The normalized spacial score (nSPS) is 10.7. The summed E-state index contributed by atoms with van der Waals surface area (Å²) < 4.78 is 16.8. The molecule has 0 radical (unpaired) electrons. The number of carbonyl (C=O) groups is 1. The summed E-state index contributed by atoms with van der Waals surface area (Å²) in [6.45, 7) is -0.243. The first-order valence-corrected chi connectivity index (χ1v) is 10.7. The van der Waals surface area contributed by atoms with Crippen LogP contribution in [0.5, 0.6) is 17.2 Å². The lowest BCUT2D eigenvalue weighted by molar-refractivity contribution is 0.102. The van der Waals surface area contributed by atoms with Crippen LogP contribution in [0.1, 0.15) is 15.9 Å². The standard InChI is InChI=1S/C23H22N4O5S/c1-30-15-6-7-17-19(11-15)33-23(26-17)27-22(29)16-5-4-8-24-21(16)25-14-9-13(12-28)20(32-3)18(10-14)31-2/h4-11,28H,12H2,1-3H3,(H,24,25)(H,26,27,29). The van der Waals surface area contributed by atoms with Gasteiger partial charge in [0, 0.05) is 23.5 Å². The van der Waals surface area contributed by atoms with Gasteiger partial charge in [0.25, 0.3) is 5.91 Å². The number of benzene rings is 2. The van der Waals surface area contributed by atoms with Gasteiger partial charge >= 0.3 is 0 Å². The van der Waals surface area contributed by atoms with Gasteiger partial charge in [-0.05, 0) is 36.4 Å². The lowest BCUT2D eigenvalue weighted by Crippen LogP contribution is -2.14. The Morgan fingerprint density at radius 2 is 1.94 bits per heavy atom. The van der Waals surface area contributed by atoms with Gasteiger partial charge in [0.05, 0.1) is 43.7 Å². The molecule has 33 heavy (non-hydrogen) atoms.